The Labute approximate surface area is 150 Å². The SMILES string of the molecule is Cc1ccc(C)c(S(=O)(=O)CCN(C)Cc2ccc(C3CC3C)o2)c1. The second kappa shape index (κ2) is 6.96. The Morgan fingerprint density at radius 2 is 1.92 bits per heavy atom. The van der Waals surface area contributed by atoms with Crippen molar-refractivity contribution in [1.82, 2.24) is 4.90 Å². The van der Waals surface area contributed by atoms with E-state index in [1.807, 2.05) is 44.0 Å². The van der Waals surface area contributed by atoms with Crippen LogP contribution in [0, 0.1) is 19.8 Å². The summed E-state index contributed by atoms with van der Waals surface area (Å²) in [5.74, 6) is 3.38. The van der Waals surface area contributed by atoms with Crippen LogP contribution in [-0.2, 0) is 16.4 Å². The van der Waals surface area contributed by atoms with E-state index in [1.165, 1.54) is 6.42 Å². The van der Waals surface area contributed by atoms with Crippen molar-refractivity contribution in [3.05, 3.63) is 53.0 Å². The van der Waals surface area contributed by atoms with E-state index < -0.39 is 9.84 Å². The Morgan fingerprint density at radius 1 is 1.20 bits per heavy atom. The van der Waals surface area contributed by atoms with Crippen molar-refractivity contribution >= 4 is 9.84 Å². The molecule has 2 unspecified atom stereocenters. The van der Waals surface area contributed by atoms with Gasteiger partial charge in [0.25, 0.3) is 0 Å². The van der Waals surface area contributed by atoms with E-state index in [1.54, 1.807) is 6.07 Å². The summed E-state index contributed by atoms with van der Waals surface area (Å²) in [5, 5.41) is 0. The average Bonchev–Trinajstić information content (AvgIpc) is 3.10. The maximum atomic E-state index is 12.6. The van der Waals surface area contributed by atoms with Crippen LogP contribution in [0.25, 0.3) is 0 Å². The Kier molecular flexibility index (Phi) is 5.07. The third kappa shape index (κ3) is 4.33. The highest BCUT2D eigenvalue weighted by molar-refractivity contribution is 7.91. The molecule has 1 aromatic carbocycles. The number of rotatable bonds is 7. The smallest absolute Gasteiger partial charge is 0.179 e. The van der Waals surface area contributed by atoms with Crippen molar-refractivity contribution in [3.8, 4) is 0 Å². The fourth-order valence-corrected chi connectivity index (χ4v) is 4.87. The van der Waals surface area contributed by atoms with Gasteiger partial charge in [-0.15, -0.1) is 0 Å². The van der Waals surface area contributed by atoms with E-state index in [0.717, 1.165) is 28.6 Å². The van der Waals surface area contributed by atoms with Gasteiger partial charge in [-0.05, 0) is 62.6 Å². The monoisotopic (exact) mass is 361 g/mol. The molecule has 3 rings (SSSR count). The summed E-state index contributed by atoms with van der Waals surface area (Å²) in [6, 6.07) is 9.64. The number of sulfone groups is 1. The summed E-state index contributed by atoms with van der Waals surface area (Å²) in [6.07, 6.45) is 1.21. The molecule has 0 saturated heterocycles. The fraction of sp³-hybridized carbons (Fsp3) is 0.500. The predicted octanol–water partition coefficient (Wildman–Crippen LogP) is 3.93. The zero-order valence-electron chi connectivity index (χ0n) is 15.5. The topological polar surface area (TPSA) is 50.5 Å². The summed E-state index contributed by atoms with van der Waals surface area (Å²) in [4.78, 5) is 2.45. The van der Waals surface area contributed by atoms with E-state index in [-0.39, 0.29) is 5.75 Å². The average molecular weight is 362 g/mol. The van der Waals surface area contributed by atoms with Crippen LogP contribution in [0.15, 0.2) is 39.6 Å². The van der Waals surface area contributed by atoms with Crippen LogP contribution in [-0.4, -0.2) is 32.7 Å². The minimum Gasteiger partial charge on any atom is -0.464 e. The fourth-order valence-electron chi connectivity index (χ4n) is 3.17. The third-order valence-electron chi connectivity index (χ3n) is 5.00. The molecule has 1 heterocycles. The molecule has 1 aliphatic carbocycles. The number of aryl methyl sites for hydroxylation is 2. The van der Waals surface area contributed by atoms with E-state index in [0.29, 0.717) is 23.9 Å². The first kappa shape index (κ1) is 18.2. The van der Waals surface area contributed by atoms with Crippen molar-refractivity contribution in [1.29, 1.82) is 0 Å². The number of hydrogen-bond donors (Lipinski definition) is 0. The van der Waals surface area contributed by atoms with Gasteiger partial charge in [-0.25, -0.2) is 8.42 Å². The summed E-state index contributed by atoms with van der Waals surface area (Å²) in [7, 11) is -1.35. The van der Waals surface area contributed by atoms with Crippen molar-refractivity contribution < 1.29 is 12.8 Å². The number of furan rings is 1. The van der Waals surface area contributed by atoms with Gasteiger partial charge in [0, 0.05) is 12.5 Å². The zero-order chi connectivity index (χ0) is 18.2. The Bertz CT molecular complexity index is 854. The molecule has 0 bridgehead atoms. The highest BCUT2D eigenvalue weighted by Crippen LogP contribution is 2.47. The molecule has 2 atom stereocenters. The summed E-state index contributed by atoms with van der Waals surface area (Å²) in [6.45, 7) is 7.10. The lowest BCUT2D eigenvalue weighted by Crippen LogP contribution is -2.25. The van der Waals surface area contributed by atoms with Crippen LogP contribution < -0.4 is 0 Å². The van der Waals surface area contributed by atoms with Crippen LogP contribution >= 0.6 is 0 Å². The molecule has 1 aliphatic rings. The molecule has 136 valence electrons. The molecule has 0 N–H and O–H groups in total. The Balaban J connectivity index is 1.58. The van der Waals surface area contributed by atoms with E-state index >= 15 is 0 Å². The second-order valence-electron chi connectivity index (χ2n) is 7.45. The van der Waals surface area contributed by atoms with Gasteiger partial charge in [0.1, 0.15) is 11.5 Å². The maximum Gasteiger partial charge on any atom is 0.179 e. The third-order valence-corrected chi connectivity index (χ3v) is 6.83. The zero-order valence-corrected chi connectivity index (χ0v) is 16.3. The van der Waals surface area contributed by atoms with Gasteiger partial charge in [0.2, 0.25) is 0 Å². The molecule has 5 heteroatoms. The summed E-state index contributed by atoms with van der Waals surface area (Å²) in [5.41, 5.74) is 1.78. The van der Waals surface area contributed by atoms with Gasteiger partial charge < -0.3 is 4.42 Å². The minimum atomic E-state index is -3.28. The van der Waals surface area contributed by atoms with Gasteiger partial charge in [0.15, 0.2) is 9.84 Å². The van der Waals surface area contributed by atoms with Crippen LogP contribution in [0.1, 0.15) is 41.9 Å². The van der Waals surface area contributed by atoms with Gasteiger partial charge in [0.05, 0.1) is 17.2 Å². The van der Waals surface area contributed by atoms with Crippen LogP contribution in [0.5, 0.6) is 0 Å². The quantitative estimate of drug-likeness (QED) is 0.750. The van der Waals surface area contributed by atoms with Crippen molar-refractivity contribution in [2.24, 2.45) is 5.92 Å². The van der Waals surface area contributed by atoms with Gasteiger partial charge >= 0.3 is 0 Å². The molecule has 2 aromatic rings. The molecule has 0 radical (unpaired) electrons. The molecule has 0 spiro atoms. The molecule has 0 aliphatic heterocycles. The molecule has 1 aromatic heterocycles. The molecule has 1 fully saturated rings. The lowest BCUT2D eigenvalue weighted by molar-refractivity contribution is 0.304. The second-order valence-corrected chi connectivity index (χ2v) is 9.53. The van der Waals surface area contributed by atoms with E-state index in [4.69, 9.17) is 4.42 Å². The standard InChI is InChI=1S/C20H27NO3S/c1-14-5-6-15(2)20(11-14)25(22,23)10-9-21(4)13-17-7-8-19(24-17)18-12-16(18)3/h5-8,11,16,18H,9-10,12-13H2,1-4H3. The molecular formula is C20H27NO3S. The molecule has 4 nitrogen and oxygen atoms in total. The van der Waals surface area contributed by atoms with Crippen molar-refractivity contribution in [3.63, 3.8) is 0 Å². The Hall–Kier alpha value is -1.59. The minimum absolute atomic E-state index is 0.112. The summed E-state index contributed by atoms with van der Waals surface area (Å²) < 4.78 is 31.2. The normalized spacial score (nSPS) is 20.2. The largest absolute Gasteiger partial charge is 0.464 e. The van der Waals surface area contributed by atoms with E-state index in [2.05, 4.69) is 13.0 Å². The first-order valence-electron chi connectivity index (χ1n) is 8.83. The van der Waals surface area contributed by atoms with Crippen LogP contribution in [0.2, 0.25) is 0 Å². The lowest BCUT2D eigenvalue weighted by atomic mass is 10.2. The van der Waals surface area contributed by atoms with Crippen molar-refractivity contribution in [2.75, 3.05) is 19.3 Å². The highest BCUT2D eigenvalue weighted by atomic mass is 32.2. The Morgan fingerprint density at radius 3 is 2.60 bits per heavy atom. The highest BCUT2D eigenvalue weighted by Gasteiger charge is 2.36. The molecule has 25 heavy (non-hydrogen) atoms. The first-order valence-corrected chi connectivity index (χ1v) is 10.5. The van der Waals surface area contributed by atoms with Gasteiger partial charge in [-0.2, -0.15) is 0 Å². The summed E-state index contributed by atoms with van der Waals surface area (Å²) >= 11 is 0. The molecular weight excluding hydrogens is 334 g/mol. The predicted molar refractivity (Wildman–Crippen MR) is 99.5 cm³/mol. The first-order chi connectivity index (χ1) is 11.8. The number of hydrogen-bond acceptors (Lipinski definition) is 4. The van der Waals surface area contributed by atoms with Crippen molar-refractivity contribution in [2.45, 2.75) is 44.6 Å². The lowest BCUT2D eigenvalue weighted by Gasteiger charge is -2.16. The van der Waals surface area contributed by atoms with E-state index in [9.17, 15) is 8.42 Å². The van der Waals surface area contributed by atoms with Crippen LogP contribution in [0.4, 0.5) is 0 Å². The number of nitrogens with zero attached hydrogens (tertiary/aromatic N) is 1. The van der Waals surface area contributed by atoms with Crippen LogP contribution in [0.3, 0.4) is 0 Å². The maximum absolute atomic E-state index is 12.6. The van der Waals surface area contributed by atoms with Gasteiger partial charge in [-0.3, -0.25) is 4.90 Å². The number of benzene rings is 1. The molecule has 1 saturated carbocycles. The van der Waals surface area contributed by atoms with Gasteiger partial charge in [-0.1, -0.05) is 19.1 Å². The molecule has 0 amide bonds.